The molecule has 0 unspecified atom stereocenters. The summed E-state index contributed by atoms with van der Waals surface area (Å²) in [6, 6.07) is 5.73. The quantitative estimate of drug-likeness (QED) is 0.713. The Morgan fingerprint density at radius 2 is 2.00 bits per heavy atom. The van der Waals surface area contributed by atoms with Crippen molar-refractivity contribution in [3.05, 3.63) is 24.4 Å². The molecule has 0 spiro atoms. The Hall–Kier alpha value is -1.67. The molecule has 1 aromatic heterocycles. The predicted molar refractivity (Wildman–Crippen MR) is 106 cm³/mol. The van der Waals surface area contributed by atoms with Crippen LogP contribution in [0.2, 0.25) is 0 Å². The Kier molecular flexibility index (Phi) is 6.37. The first-order chi connectivity index (χ1) is 12.8. The molecule has 0 bridgehead atoms. The van der Waals surface area contributed by atoms with Crippen molar-refractivity contribution in [3.63, 3.8) is 0 Å². The molecule has 8 heteroatoms. The molecule has 7 nitrogen and oxygen atoms in total. The zero-order valence-corrected chi connectivity index (χ0v) is 17.1. The molecule has 0 aliphatic carbocycles. The predicted octanol–water partition coefficient (Wildman–Crippen LogP) is 0.875. The lowest BCUT2D eigenvalue weighted by atomic mass is 10.1. The summed E-state index contributed by atoms with van der Waals surface area (Å²) in [6.45, 7) is 8.40. The largest absolute Gasteiger partial charge is 0.354 e. The molecule has 1 atom stereocenters. The van der Waals surface area contributed by atoms with E-state index >= 15 is 0 Å². The van der Waals surface area contributed by atoms with E-state index in [1.165, 1.54) is 0 Å². The standard InChI is InChI=1S/C19H30N4O3S/c1-16(2)13-23(17-6-12-27(25,26)15-17)19(24)14-21-8-10-22(11-9-21)18-5-3-4-7-20-18/h3-5,7,16-17H,6,8-15H2,1-2H3/t17-/m1/s1. The van der Waals surface area contributed by atoms with Crippen LogP contribution in [0.3, 0.4) is 0 Å². The van der Waals surface area contributed by atoms with E-state index in [0.29, 0.717) is 25.4 Å². The van der Waals surface area contributed by atoms with Gasteiger partial charge in [0.25, 0.3) is 0 Å². The van der Waals surface area contributed by atoms with Crippen molar-refractivity contribution in [2.24, 2.45) is 5.92 Å². The molecule has 150 valence electrons. The minimum absolute atomic E-state index is 0.0529. The van der Waals surface area contributed by atoms with Crippen LogP contribution >= 0.6 is 0 Å². The number of hydrogen-bond acceptors (Lipinski definition) is 6. The molecule has 1 aromatic rings. The van der Waals surface area contributed by atoms with Gasteiger partial charge in [0.2, 0.25) is 5.91 Å². The Morgan fingerprint density at radius 3 is 2.56 bits per heavy atom. The summed E-state index contributed by atoms with van der Waals surface area (Å²) in [5.74, 6) is 1.65. The lowest BCUT2D eigenvalue weighted by Gasteiger charge is -2.37. The maximum atomic E-state index is 13.0. The van der Waals surface area contributed by atoms with E-state index in [4.69, 9.17) is 0 Å². The van der Waals surface area contributed by atoms with E-state index in [1.807, 2.05) is 23.1 Å². The summed E-state index contributed by atoms with van der Waals surface area (Å²) in [5, 5.41) is 0. The van der Waals surface area contributed by atoms with Gasteiger partial charge >= 0.3 is 0 Å². The lowest BCUT2D eigenvalue weighted by molar-refractivity contribution is -0.135. The van der Waals surface area contributed by atoms with Gasteiger partial charge in [-0.1, -0.05) is 19.9 Å². The second-order valence-electron chi connectivity index (χ2n) is 7.95. The smallest absolute Gasteiger partial charge is 0.237 e. The number of rotatable bonds is 6. The highest BCUT2D eigenvalue weighted by Gasteiger charge is 2.35. The average molecular weight is 395 g/mol. The van der Waals surface area contributed by atoms with Gasteiger partial charge in [-0.2, -0.15) is 0 Å². The fourth-order valence-electron chi connectivity index (χ4n) is 3.83. The molecule has 1 amide bonds. The molecule has 0 aromatic carbocycles. The minimum Gasteiger partial charge on any atom is -0.354 e. The SMILES string of the molecule is CC(C)CN(C(=O)CN1CCN(c2ccccn2)CC1)[C@@H]1CCS(=O)(=O)C1. The Morgan fingerprint density at radius 1 is 1.26 bits per heavy atom. The first kappa shape index (κ1) is 20.1. The molecule has 0 saturated carbocycles. The zero-order chi connectivity index (χ0) is 19.4. The fourth-order valence-corrected chi connectivity index (χ4v) is 5.56. The number of carbonyl (C=O) groups is 1. The number of piperazine rings is 1. The van der Waals surface area contributed by atoms with Gasteiger partial charge < -0.3 is 9.80 Å². The summed E-state index contributed by atoms with van der Waals surface area (Å²) < 4.78 is 23.7. The van der Waals surface area contributed by atoms with Crippen LogP contribution in [0.15, 0.2) is 24.4 Å². The van der Waals surface area contributed by atoms with Gasteiger partial charge in [-0.05, 0) is 24.5 Å². The van der Waals surface area contributed by atoms with E-state index in [2.05, 4.69) is 28.6 Å². The highest BCUT2D eigenvalue weighted by atomic mass is 32.2. The van der Waals surface area contributed by atoms with Crippen molar-refractivity contribution < 1.29 is 13.2 Å². The van der Waals surface area contributed by atoms with Gasteiger partial charge in [-0.15, -0.1) is 0 Å². The molecule has 2 aliphatic heterocycles. The van der Waals surface area contributed by atoms with Crippen molar-refractivity contribution in [1.82, 2.24) is 14.8 Å². The van der Waals surface area contributed by atoms with Crippen LogP contribution in [0.4, 0.5) is 5.82 Å². The maximum absolute atomic E-state index is 13.0. The monoisotopic (exact) mass is 394 g/mol. The summed E-state index contributed by atoms with van der Waals surface area (Å²) in [6.07, 6.45) is 2.36. The highest BCUT2D eigenvalue weighted by molar-refractivity contribution is 7.91. The van der Waals surface area contributed by atoms with Crippen molar-refractivity contribution >= 4 is 21.6 Å². The van der Waals surface area contributed by atoms with Crippen LogP contribution in [0.1, 0.15) is 20.3 Å². The van der Waals surface area contributed by atoms with Gasteiger partial charge in [0.1, 0.15) is 5.82 Å². The second-order valence-corrected chi connectivity index (χ2v) is 10.2. The third-order valence-electron chi connectivity index (χ3n) is 5.24. The lowest BCUT2D eigenvalue weighted by Crippen LogP contribution is -2.52. The Labute approximate surface area is 162 Å². The minimum atomic E-state index is -3.00. The van der Waals surface area contributed by atoms with E-state index in [1.54, 1.807) is 6.20 Å². The number of anilines is 1. The number of sulfone groups is 1. The summed E-state index contributed by atoms with van der Waals surface area (Å²) in [5.41, 5.74) is 0. The van der Waals surface area contributed by atoms with Crippen molar-refractivity contribution in [2.75, 3.05) is 55.7 Å². The van der Waals surface area contributed by atoms with E-state index in [0.717, 1.165) is 32.0 Å². The van der Waals surface area contributed by atoms with Crippen LogP contribution in [0, 0.1) is 5.92 Å². The molecule has 0 N–H and O–H groups in total. The molecular formula is C19H30N4O3S. The van der Waals surface area contributed by atoms with Crippen LogP contribution in [-0.2, 0) is 14.6 Å². The molecule has 0 radical (unpaired) electrons. The number of nitrogens with zero attached hydrogens (tertiary/aromatic N) is 4. The molecule has 3 heterocycles. The van der Waals surface area contributed by atoms with E-state index in [-0.39, 0.29) is 23.5 Å². The van der Waals surface area contributed by atoms with E-state index in [9.17, 15) is 13.2 Å². The number of pyridine rings is 1. The Balaban J connectivity index is 1.56. The maximum Gasteiger partial charge on any atom is 0.237 e. The van der Waals surface area contributed by atoms with Crippen molar-refractivity contribution in [2.45, 2.75) is 26.3 Å². The second kappa shape index (κ2) is 8.56. The third-order valence-corrected chi connectivity index (χ3v) is 6.99. The van der Waals surface area contributed by atoms with Gasteiger partial charge in [-0.25, -0.2) is 13.4 Å². The first-order valence-corrected chi connectivity index (χ1v) is 11.5. The average Bonchev–Trinajstić information content (AvgIpc) is 3.00. The molecule has 2 aliphatic rings. The van der Waals surface area contributed by atoms with Crippen molar-refractivity contribution in [1.29, 1.82) is 0 Å². The van der Waals surface area contributed by atoms with Gasteiger partial charge in [0.05, 0.1) is 18.1 Å². The third kappa shape index (κ3) is 5.42. The topological polar surface area (TPSA) is 73.8 Å². The highest BCUT2D eigenvalue weighted by Crippen LogP contribution is 2.20. The van der Waals surface area contributed by atoms with E-state index < -0.39 is 9.84 Å². The van der Waals surface area contributed by atoms with Gasteiger partial charge in [-0.3, -0.25) is 9.69 Å². The Bertz CT molecular complexity index is 731. The first-order valence-electron chi connectivity index (χ1n) is 9.72. The molecule has 2 saturated heterocycles. The molecule has 3 rings (SSSR count). The zero-order valence-electron chi connectivity index (χ0n) is 16.2. The summed E-state index contributed by atoms with van der Waals surface area (Å²) in [7, 11) is -3.00. The molecule has 2 fully saturated rings. The molecule has 27 heavy (non-hydrogen) atoms. The van der Waals surface area contributed by atoms with Crippen LogP contribution < -0.4 is 4.90 Å². The number of carbonyl (C=O) groups excluding carboxylic acids is 1. The van der Waals surface area contributed by atoms with Crippen molar-refractivity contribution in [3.8, 4) is 0 Å². The normalized spacial score (nSPS) is 22.9. The number of amides is 1. The van der Waals surface area contributed by atoms with Gasteiger partial charge in [0.15, 0.2) is 9.84 Å². The molecular weight excluding hydrogens is 364 g/mol. The number of aromatic nitrogens is 1. The van der Waals surface area contributed by atoms with Crippen LogP contribution in [0.5, 0.6) is 0 Å². The summed E-state index contributed by atoms with van der Waals surface area (Å²) in [4.78, 5) is 23.6. The summed E-state index contributed by atoms with van der Waals surface area (Å²) >= 11 is 0. The van der Waals surface area contributed by atoms with Crippen LogP contribution in [-0.4, -0.2) is 85.9 Å². The van der Waals surface area contributed by atoms with Gasteiger partial charge in [0, 0.05) is 45.0 Å². The fraction of sp³-hybridized carbons (Fsp3) is 0.684. The number of hydrogen-bond donors (Lipinski definition) is 0. The van der Waals surface area contributed by atoms with Crippen LogP contribution in [0.25, 0.3) is 0 Å².